The molecule has 0 unspecified atom stereocenters. The van der Waals surface area contributed by atoms with Gasteiger partial charge >= 0.3 is 0 Å². The minimum absolute atomic E-state index is 0. The van der Waals surface area contributed by atoms with E-state index in [0.29, 0.717) is 24.9 Å². The molecule has 0 saturated heterocycles. The number of halogens is 1. The Hall–Kier alpha value is -0.280. The van der Waals surface area contributed by atoms with Gasteiger partial charge in [0.1, 0.15) is 0 Å². The van der Waals surface area contributed by atoms with Crippen LogP contribution in [0.3, 0.4) is 0 Å². The van der Waals surface area contributed by atoms with Gasteiger partial charge in [-0.05, 0) is 56.4 Å². The number of hydrogen-bond acceptors (Lipinski definition) is 2. The third-order valence-electron chi connectivity index (χ3n) is 5.80. The Kier molecular flexibility index (Phi) is 7.49. The van der Waals surface area contributed by atoms with Crippen LogP contribution in [0.2, 0.25) is 0 Å². The largest absolute Gasteiger partial charge is 0.343 e. The fourth-order valence-electron chi connectivity index (χ4n) is 4.03. The Morgan fingerprint density at radius 3 is 2.24 bits per heavy atom. The lowest BCUT2D eigenvalue weighted by molar-refractivity contribution is -0.135. The summed E-state index contributed by atoms with van der Waals surface area (Å²) >= 11 is 0. The summed E-state index contributed by atoms with van der Waals surface area (Å²) in [6.45, 7) is 3.00. The Morgan fingerprint density at radius 2 is 1.71 bits per heavy atom. The first-order valence-electron chi connectivity index (χ1n) is 8.52. The van der Waals surface area contributed by atoms with Crippen molar-refractivity contribution in [2.24, 2.45) is 17.1 Å². The zero-order chi connectivity index (χ0) is 14.6. The average Bonchev–Trinajstić information content (AvgIpc) is 2.48. The van der Waals surface area contributed by atoms with E-state index in [0.717, 1.165) is 18.8 Å². The predicted octanol–water partition coefficient (Wildman–Crippen LogP) is 3.74. The van der Waals surface area contributed by atoms with Crippen molar-refractivity contribution in [3.05, 3.63) is 0 Å². The first kappa shape index (κ1) is 18.8. The van der Waals surface area contributed by atoms with Gasteiger partial charge in [-0.2, -0.15) is 0 Å². The van der Waals surface area contributed by atoms with Crippen LogP contribution in [-0.2, 0) is 4.79 Å². The summed E-state index contributed by atoms with van der Waals surface area (Å²) in [7, 11) is 2.01. The number of carbonyl (C=O) groups excluding carboxylic acids is 1. The zero-order valence-electron chi connectivity index (χ0n) is 13.8. The first-order chi connectivity index (χ1) is 9.56. The molecule has 0 bridgehead atoms. The highest BCUT2D eigenvalue weighted by Crippen LogP contribution is 2.39. The van der Waals surface area contributed by atoms with Crippen molar-refractivity contribution in [3.63, 3.8) is 0 Å². The lowest BCUT2D eigenvalue weighted by Crippen LogP contribution is -2.44. The minimum Gasteiger partial charge on any atom is -0.343 e. The molecule has 0 heterocycles. The van der Waals surface area contributed by atoms with Crippen LogP contribution in [0.15, 0.2) is 0 Å². The molecule has 1 amide bonds. The molecular formula is C17H33ClN2O. The molecule has 0 aromatic heterocycles. The molecule has 3 nitrogen and oxygen atoms in total. The molecular weight excluding hydrogens is 284 g/mol. The molecule has 2 aliphatic rings. The predicted molar refractivity (Wildman–Crippen MR) is 90.6 cm³/mol. The fourth-order valence-corrected chi connectivity index (χ4v) is 4.03. The molecule has 2 aliphatic carbocycles. The number of carbonyl (C=O) groups is 1. The van der Waals surface area contributed by atoms with Gasteiger partial charge in [-0.25, -0.2) is 0 Å². The van der Waals surface area contributed by atoms with E-state index in [1.807, 2.05) is 11.9 Å². The van der Waals surface area contributed by atoms with Gasteiger partial charge in [0.2, 0.25) is 5.91 Å². The van der Waals surface area contributed by atoms with Gasteiger partial charge in [0.05, 0.1) is 0 Å². The van der Waals surface area contributed by atoms with Crippen LogP contribution >= 0.6 is 12.4 Å². The van der Waals surface area contributed by atoms with E-state index in [-0.39, 0.29) is 17.8 Å². The van der Waals surface area contributed by atoms with Gasteiger partial charge in [0, 0.05) is 19.5 Å². The van der Waals surface area contributed by atoms with Gasteiger partial charge < -0.3 is 10.6 Å². The molecule has 0 aliphatic heterocycles. The van der Waals surface area contributed by atoms with Crippen LogP contribution in [0, 0.1) is 11.3 Å². The molecule has 4 heteroatoms. The number of hydrogen-bond donors (Lipinski definition) is 1. The van der Waals surface area contributed by atoms with Crippen molar-refractivity contribution < 1.29 is 4.79 Å². The second kappa shape index (κ2) is 8.38. The van der Waals surface area contributed by atoms with Gasteiger partial charge in [-0.1, -0.05) is 26.2 Å². The van der Waals surface area contributed by atoms with Crippen molar-refractivity contribution in [3.8, 4) is 0 Å². The van der Waals surface area contributed by atoms with E-state index >= 15 is 0 Å². The van der Waals surface area contributed by atoms with Crippen LogP contribution in [0.1, 0.15) is 71.1 Å². The van der Waals surface area contributed by atoms with Gasteiger partial charge in [0.15, 0.2) is 0 Å². The summed E-state index contributed by atoms with van der Waals surface area (Å²) in [5, 5.41) is 0. The quantitative estimate of drug-likeness (QED) is 0.858. The minimum atomic E-state index is 0. The van der Waals surface area contributed by atoms with E-state index < -0.39 is 0 Å². The van der Waals surface area contributed by atoms with Gasteiger partial charge in [-0.15, -0.1) is 12.4 Å². The molecule has 2 N–H and O–H groups in total. The van der Waals surface area contributed by atoms with Crippen LogP contribution in [0.4, 0.5) is 0 Å². The van der Waals surface area contributed by atoms with E-state index in [1.54, 1.807) is 0 Å². The fraction of sp³-hybridized carbons (Fsp3) is 0.941. The summed E-state index contributed by atoms with van der Waals surface area (Å²) in [6, 6.07) is 0.470. The van der Waals surface area contributed by atoms with Gasteiger partial charge in [-0.3, -0.25) is 4.79 Å². The third kappa shape index (κ3) is 4.85. The topological polar surface area (TPSA) is 46.3 Å². The molecule has 0 aromatic rings. The Labute approximate surface area is 136 Å². The third-order valence-corrected chi connectivity index (χ3v) is 5.80. The molecule has 124 valence electrons. The average molecular weight is 317 g/mol. The van der Waals surface area contributed by atoms with E-state index in [4.69, 9.17) is 5.73 Å². The van der Waals surface area contributed by atoms with Crippen LogP contribution in [-0.4, -0.2) is 30.4 Å². The molecule has 2 rings (SSSR count). The second-order valence-corrected chi connectivity index (χ2v) is 7.36. The maximum Gasteiger partial charge on any atom is 0.223 e. The van der Waals surface area contributed by atoms with E-state index in [1.165, 1.54) is 44.9 Å². The number of nitrogens with zero attached hydrogens (tertiary/aromatic N) is 1. The monoisotopic (exact) mass is 316 g/mol. The summed E-state index contributed by atoms with van der Waals surface area (Å²) in [4.78, 5) is 14.7. The van der Waals surface area contributed by atoms with Gasteiger partial charge in [0.25, 0.3) is 0 Å². The van der Waals surface area contributed by atoms with Crippen molar-refractivity contribution in [2.75, 3.05) is 13.6 Å². The molecule has 2 saturated carbocycles. The van der Waals surface area contributed by atoms with Crippen LogP contribution in [0.25, 0.3) is 0 Å². The van der Waals surface area contributed by atoms with Crippen molar-refractivity contribution in [1.82, 2.24) is 4.90 Å². The Morgan fingerprint density at radius 1 is 1.14 bits per heavy atom. The lowest BCUT2D eigenvalue weighted by atomic mass is 9.71. The normalized spacial score (nSPS) is 28.5. The standard InChI is InChI=1S/C17H32N2O.ClH/c1-14-6-8-15(9-7-14)19(2)16(20)12-17(13-18)10-4-3-5-11-17;/h14-15H,3-13,18H2,1-2H3;1H. The summed E-state index contributed by atoms with van der Waals surface area (Å²) in [6.07, 6.45) is 11.7. The van der Waals surface area contributed by atoms with Crippen molar-refractivity contribution >= 4 is 18.3 Å². The highest BCUT2D eigenvalue weighted by atomic mass is 35.5. The summed E-state index contributed by atoms with van der Waals surface area (Å²) < 4.78 is 0. The number of rotatable bonds is 4. The molecule has 0 radical (unpaired) electrons. The number of nitrogens with two attached hydrogens (primary N) is 1. The summed E-state index contributed by atoms with van der Waals surface area (Å²) in [5.74, 6) is 1.17. The second-order valence-electron chi connectivity index (χ2n) is 7.36. The van der Waals surface area contributed by atoms with Crippen LogP contribution < -0.4 is 5.73 Å². The zero-order valence-corrected chi connectivity index (χ0v) is 14.6. The molecule has 0 atom stereocenters. The number of amides is 1. The SMILES string of the molecule is CC1CCC(N(C)C(=O)CC2(CN)CCCCC2)CC1.Cl. The highest BCUT2D eigenvalue weighted by molar-refractivity contribution is 5.85. The lowest BCUT2D eigenvalue weighted by Gasteiger charge is -2.39. The van der Waals surface area contributed by atoms with Crippen molar-refractivity contribution in [2.45, 2.75) is 77.2 Å². The van der Waals surface area contributed by atoms with Crippen LogP contribution in [0.5, 0.6) is 0 Å². The maximum atomic E-state index is 12.6. The van der Waals surface area contributed by atoms with Crippen molar-refractivity contribution in [1.29, 1.82) is 0 Å². The Balaban J connectivity index is 0.00000220. The van der Waals surface area contributed by atoms with E-state index in [9.17, 15) is 4.79 Å². The molecule has 0 spiro atoms. The van der Waals surface area contributed by atoms with E-state index in [2.05, 4.69) is 6.92 Å². The summed E-state index contributed by atoms with van der Waals surface area (Å²) in [5.41, 5.74) is 6.12. The highest BCUT2D eigenvalue weighted by Gasteiger charge is 2.35. The maximum absolute atomic E-state index is 12.6. The Bertz CT molecular complexity index is 321. The molecule has 21 heavy (non-hydrogen) atoms. The molecule has 2 fully saturated rings. The molecule has 0 aromatic carbocycles. The smallest absolute Gasteiger partial charge is 0.223 e. The first-order valence-corrected chi connectivity index (χ1v) is 8.52.